The van der Waals surface area contributed by atoms with E-state index >= 15 is 0 Å². The highest BCUT2D eigenvalue weighted by atomic mass is 32.2. The third-order valence-electron chi connectivity index (χ3n) is 7.91. The van der Waals surface area contributed by atoms with Gasteiger partial charge in [0.1, 0.15) is 6.54 Å². The fraction of sp³-hybridized carbons (Fsp3) is 0.652. The van der Waals surface area contributed by atoms with Crippen LogP contribution in [-0.2, 0) is 25.8 Å². The highest BCUT2D eigenvalue weighted by molar-refractivity contribution is 7.86. The molecule has 2 saturated heterocycles. The maximum absolute atomic E-state index is 13.2. The maximum Gasteiger partial charge on any atom is 0.485 e. The van der Waals surface area contributed by atoms with Crippen molar-refractivity contribution < 1.29 is 44.9 Å². The van der Waals surface area contributed by atoms with E-state index in [1.54, 1.807) is 12.1 Å². The SMILES string of the molecule is CCOC(Cc1ccc([N+](=O)[O-])cc1)([PH2]=O)[N+]12CCCN3CCN4CCCN(CC1)C4=C32.O=S(=O)([O-])C(F)(F)F. The number of hydrogen-bond acceptors (Lipinski definition) is 10. The fourth-order valence-corrected chi connectivity index (χ4v) is 7.37. The topological polar surface area (TPSA) is 136 Å². The van der Waals surface area contributed by atoms with Crippen molar-refractivity contribution in [2.75, 3.05) is 59.0 Å². The van der Waals surface area contributed by atoms with E-state index in [1.165, 1.54) is 30.2 Å². The minimum atomic E-state index is -6.09. The van der Waals surface area contributed by atoms with Crippen LogP contribution in [-0.4, -0.2) is 107 Å². The first kappa shape index (κ1) is 30.6. The second-order valence-electron chi connectivity index (χ2n) is 10.1. The smallest absolute Gasteiger partial charge is 0.485 e. The van der Waals surface area contributed by atoms with E-state index in [-0.39, 0.29) is 10.6 Å². The molecule has 0 saturated carbocycles. The molecule has 5 rings (SSSR count). The lowest BCUT2D eigenvalue weighted by molar-refractivity contribution is -0.965. The molecule has 0 aromatic heterocycles. The molecule has 1 aromatic rings. The molecule has 3 atom stereocenters. The van der Waals surface area contributed by atoms with Crippen molar-refractivity contribution in [3.8, 4) is 0 Å². The fourth-order valence-electron chi connectivity index (χ4n) is 6.24. The molecule has 0 aliphatic carbocycles. The Morgan fingerprint density at radius 3 is 2.12 bits per heavy atom. The van der Waals surface area contributed by atoms with Gasteiger partial charge in [-0.2, -0.15) is 13.2 Å². The van der Waals surface area contributed by atoms with Crippen LogP contribution in [0.1, 0.15) is 25.3 Å². The zero-order chi connectivity index (χ0) is 29.3. The Balaban J connectivity index is 0.000000406. The van der Waals surface area contributed by atoms with Crippen molar-refractivity contribution >= 4 is 24.3 Å². The van der Waals surface area contributed by atoms with Gasteiger partial charge in [-0.1, -0.05) is 12.1 Å². The summed E-state index contributed by atoms with van der Waals surface area (Å²) in [5.74, 6) is 2.63. The molecular formula is C23H33F3N5O7PS. The van der Waals surface area contributed by atoms with E-state index in [2.05, 4.69) is 14.7 Å². The molecule has 4 aliphatic heterocycles. The summed E-state index contributed by atoms with van der Waals surface area (Å²) in [6.07, 6.45) is 2.72. The van der Waals surface area contributed by atoms with E-state index in [1.807, 2.05) is 6.92 Å². The van der Waals surface area contributed by atoms with E-state index in [0.29, 0.717) is 17.5 Å². The molecule has 4 heterocycles. The standard InChI is InChI=1S/C22H33N5O4P.CHF3O3S/c1-2-31-22(32-30,17-18-5-7-19(8-6-18)26(28)29)27-15-4-11-25-13-12-23-9-3-10-24(14-16-27)20(23)21(25)27;2-1(3,4)8(5,6)7/h5-8H,2-4,9-17,32H2,1H3;(H,5,6,7)/q+1;/p-1. The van der Waals surface area contributed by atoms with Crippen LogP contribution < -0.4 is 0 Å². The molecule has 12 nitrogen and oxygen atoms in total. The zero-order valence-corrected chi connectivity index (χ0v) is 24.0. The first-order chi connectivity index (χ1) is 18.8. The third kappa shape index (κ3) is 5.56. The average molecular weight is 612 g/mol. The van der Waals surface area contributed by atoms with Crippen molar-refractivity contribution in [3.63, 3.8) is 0 Å². The Morgan fingerprint density at radius 1 is 1.00 bits per heavy atom. The largest absolute Gasteiger partial charge is 0.741 e. The highest BCUT2D eigenvalue weighted by Gasteiger charge is 2.61. The molecule has 0 spiro atoms. The summed E-state index contributed by atoms with van der Waals surface area (Å²) in [4.78, 5) is 18.3. The molecule has 0 amide bonds. The van der Waals surface area contributed by atoms with Gasteiger partial charge in [-0.05, 0) is 18.9 Å². The number of rotatable bonds is 7. The highest BCUT2D eigenvalue weighted by Crippen LogP contribution is 2.50. The van der Waals surface area contributed by atoms with Gasteiger partial charge in [-0.25, -0.2) is 12.9 Å². The van der Waals surface area contributed by atoms with E-state index in [9.17, 15) is 27.9 Å². The Labute approximate surface area is 231 Å². The van der Waals surface area contributed by atoms with Crippen LogP contribution >= 0.6 is 8.46 Å². The summed E-state index contributed by atoms with van der Waals surface area (Å²) in [7, 11) is -7.35. The molecule has 224 valence electrons. The Kier molecular flexibility index (Phi) is 8.77. The van der Waals surface area contributed by atoms with Crippen LogP contribution in [0.5, 0.6) is 0 Å². The third-order valence-corrected chi connectivity index (χ3v) is 9.71. The van der Waals surface area contributed by atoms with Crippen molar-refractivity contribution in [2.24, 2.45) is 0 Å². The minimum absolute atomic E-state index is 0.0742. The molecule has 4 aliphatic rings. The number of nitrogens with zero attached hydrogens (tertiary/aromatic N) is 5. The van der Waals surface area contributed by atoms with Crippen molar-refractivity contribution in [3.05, 3.63) is 51.6 Å². The first-order valence-corrected chi connectivity index (χ1v) is 15.5. The van der Waals surface area contributed by atoms with Crippen LogP contribution in [0.4, 0.5) is 18.9 Å². The van der Waals surface area contributed by atoms with Gasteiger partial charge in [-0.3, -0.25) is 10.1 Å². The van der Waals surface area contributed by atoms with Crippen molar-refractivity contribution in [2.45, 2.75) is 37.2 Å². The lowest BCUT2D eigenvalue weighted by atomic mass is 10.0. The molecule has 17 heteroatoms. The molecule has 0 bridgehead atoms. The van der Waals surface area contributed by atoms with Gasteiger partial charge in [0.2, 0.25) is 5.82 Å². The van der Waals surface area contributed by atoms with Gasteiger partial charge in [0, 0.05) is 51.3 Å². The zero-order valence-electron chi connectivity index (χ0n) is 22.0. The monoisotopic (exact) mass is 611 g/mol. The van der Waals surface area contributed by atoms with Gasteiger partial charge in [0.25, 0.3) is 11.2 Å². The Bertz CT molecular complexity index is 1260. The summed E-state index contributed by atoms with van der Waals surface area (Å²) < 4.78 is 79.2. The predicted octanol–water partition coefficient (Wildman–Crippen LogP) is 2.32. The number of alkyl halides is 3. The van der Waals surface area contributed by atoms with Gasteiger partial charge in [0.15, 0.2) is 24.4 Å². The number of ether oxygens (including phenoxy) is 1. The lowest BCUT2D eigenvalue weighted by Gasteiger charge is -2.61. The van der Waals surface area contributed by atoms with Gasteiger partial charge < -0.3 is 28.6 Å². The van der Waals surface area contributed by atoms with Crippen molar-refractivity contribution in [1.82, 2.24) is 14.7 Å². The number of non-ortho nitro benzene ring substituents is 1. The molecule has 0 N–H and O–H groups in total. The number of nitro benzene ring substituents is 1. The van der Waals surface area contributed by atoms with Gasteiger partial charge in [0.05, 0.1) is 31.0 Å². The summed E-state index contributed by atoms with van der Waals surface area (Å²) in [5, 5.41) is 11.1. The molecule has 40 heavy (non-hydrogen) atoms. The quantitative estimate of drug-likeness (QED) is 0.113. The van der Waals surface area contributed by atoms with Crippen molar-refractivity contribution in [1.29, 1.82) is 0 Å². The molecule has 2 fully saturated rings. The second kappa shape index (κ2) is 11.5. The first-order valence-electron chi connectivity index (χ1n) is 13.0. The van der Waals surface area contributed by atoms with Gasteiger partial charge in [-0.15, -0.1) is 0 Å². The van der Waals surface area contributed by atoms with Gasteiger partial charge >= 0.3 is 5.51 Å². The Morgan fingerprint density at radius 2 is 1.57 bits per heavy atom. The second-order valence-corrected chi connectivity index (χ2v) is 12.6. The molecule has 0 radical (unpaired) electrons. The summed E-state index contributed by atoms with van der Waals surface area (Å²) >= 11 is 0. The van der Waals surface area contributed by atoms with E-state index in [4.69, 9.17) is 17.7 Å². The number of halogens is 3. The summed E-state index contributed by atoms with van der Waals surface area (Å²) in [5.41, 5.74) is -5.49. The van der Waals surface area contributed by atoms with Crippen LogP contribution in [0.2, 0.25) is 0 Å². The summed E-state index contributed by atoms with van der Waals surface area (Å²) in [6.45, 7) is 10.4. The average Bonchev–Trinajstić information content (AvgIpc) is 2.91. The van der Waals surface area contributed by atoms with E-state index in [0.717, 1.165) is 64.3 Å². The maximum atomic E-state index is 13.2. The number of nitro groups is 1. The Hall–Kier alpha value is -2.39. The number of benzene rings is 1. The van der Waals surface area contributed by atoms with Crippen LogP contribution in [0, 0.1) is 10.1 Å². The van der Waals surface area contributed by atoms with Crippen LogP contribution in [0.15, 0.2) is 35.9 Å². The normalized spacial score (nSPS) is 24.4. The molecule has 1 aromatic carbocycles. The predicted molar refractivity (Wildman–Crippen MR) is 138 cm³/mol. The minimum Gasteiger partial charge on any atom is -0.741 e. The summed E-state index contributed by atoms with van der Waals surface area (Å²) in [6, 6.07) is 6.67. The van der Waals surface area contributed by atoms with Crippen LogP contribution in [0.25, 0.3) is 0 Å². The lowest BCUT2D eigenvalue weighted by Crippen LogP contribution is -2.75. The van der Waals surface area contributed by atoms with E-state index < -0.39 is 29.6 Å². The van der Waals surface area contributed by atoms with Crippen LogP contribution in [0.3, 0.4) is 0 Å². The number of hydrogen-bond donors (Lipinski definition) is 0. The molecule has 3 unspecified atom stereocenters. The molecular weight excluding hydrogens is 578 g/mol. The number of quaternary nitrogens is 1.